The van der Waals surface area contributed by atoms with Crippen molar-refractivity contribution in [2.24, 2.45) is 0 Å². The zero-order valence-electron chi connectivity index (χ0n) is 15.1. The maximum atomic E-state index is 13.7. The average molecular weight is 459 g/mol. The molecule has 1 amide bonds. The molecule has 0 unspecified atom stereocenters. The molecule has 164 valence electrons. The van der Waals surface area contributed by atoms with Crippen molar-refractivity contribution in [2.45, 2.75) is 24.9 Å². The van der Waals surface area contributed by atoms with Gasteiger partial charge in [0.25, 0.3) is 5.91 Å². The first-order chi connectivity index (χ1) is 13.8. The summed E-state index contributed by atoms with van der Waals surface area (Å²) in [4.78, 5) is 12.4. The van der Waals surface area contributed by atoms with Crippen molar-refractivity contribution in [1.82, 2.24) is 5.32 Å². The third kappa shape index (κ3) is 4.72. The largest absolute Gasteiger partial charge is 0.493 e. The molecule has 2 rings (SSSR count). The zero-order chi connectivity index (χ0) is 22.7. The number of hydrogen-bond acceptors (Lipinski definition) is 3. The number of benzene rings is 2. The van der Waals surface area contributed by atoms with Crippen molar-refractivity contribution >= 4 is 23.2 Å². The molecule has 0 aliphatic carbocycles. The number of amides is 1. The van der Waals surface area contributed by atoms with Crippen LogP contribution in [0.1, 0.15) is 17.3 Å². The van der Waals surface area contributed by atoms with Crippen LogP contribution in [0.2, 0.25) is 5.02 Å². The van der Waals surface area contributed by atoms with Gasteiger partial charge in [0, 0.05) is 5.69 Å². The van der Waals surface area contributed by atoms with E-state index in [1.807, 2.05) is 0 Å². The SMILES string of the molecule is CCOc1ccccc1C(=O)NC(Nc1ccc(F)c(Cl)c1)(C(F)(F)F)C(F)(F)F. The third-order valence-corrected chi connectivity index (χ3v) is 4.12. The van der Waals surface area contributed by atoms with Crippen molar-refractivity contribution in [2.75, 3.05) is 11.9 Å². The van der Waals surface area contributed by atoms with Crippen LogP contribution in [0.3, 0.4) is 0 Å². The minimum Gasteiger partial charge on any atom is -0.493 e. The number of para-hydroxylation sites is 1. The van der Waals surface area contributed by atoms with Crippen molar-refractivity contribution in [3.05, 3.63) is 58.9 Å². The van der Waals surface area contributed by atoms with Gasteiger partial charge in [0.05, 0.1) is 17.2 Å². The first-order valence-corrected chi connectivity index (χ1v) is 8.61. The van der Waals surface area contributed by atoms with Crippen LogP contribution in [0.4, 0.5) is 36.4 Å². The van der Waals surface area contributed by atoms with Crippen LogP contribution in [-0.4, -0.2) is 30.5 Å². The second kappa shape index (κ2) is 8.58. The van der Waals surface area contributed by atoms with Crippen LogP contribution in [0.25, 0.3) is 0 Å². The van der Waals surface area contributed by atoms with E-state index in [0.29, 0.717) is 18.2 Å². The Morgan fingerprint density at radius 2 is 1.63 bits per heavy atom. The first kappa shape index (κ1) is 23.6. The maximum absolute atomic E-state index is 13.7. The van der Waals surface area contributed by atoms with E-state index in [-0.39, 0.29) is 12.4 Å². The molecule has 0 atom stereocenters. The quantitative estimate of drug-likeness (QED) is 0.441. The molecule has 0 aliphatic rings. The number of carbonyl (C=O) groups excluding carboxylic acids is 1. The van der Waals surface area contributed by atoms with E-state index in [1.54, 1.807) is 0 Å². The molecule has 0 aromatic heterocycles. The van der Waals surface area contributed by atoms with Gasteiger partial charge < -0.3 is 15.4 Å². The number of anilines is 1. The van der Waals surface area contributed by atoms with Gasteiger partial charge in [0.2, 0.25) is 0 Å². The smallest absolute Gasteiger partial charge is 0.439 e. The fourth-order valence-corrected chi connectivity index (χ4v) is 2.62. The number of alkyl halides is 6. The summed E-state index contributed by atoms with van der Waals surface area (Å²) in [7, 11) is 0. The summed E-state index contributed by atoms with van der Waals surface area (Å²) in [6.07, 6.45) is -12.1. The summed E-state index contributed by atoms with van der Waals surface area (Å²) in [6, 6.07) is 6.58. The van der Waals surface area contributed by atoms with Crippen LogP contribution >= 0.6 is 11.6 Å². The molecule has 2 aromatic rings. The van der Waals surface area contributed by atoms with Crippen LogP contribution in [0.5, 0.6) is 5.75 Å². The van der Waals surface area contributed by atoms with Crippen LogP contribution in [0.15, 0.2) is 42.5 Å². The molecular formula is C18H14ClF7N2O2. The van der Waals surface area contributed by atoms with Crippen molar-refractivity contribution in [3.63, 3.8) is 0 Å². The summed E-state index contributed by atoms with van der Waals surface area (Å²) >= 11 is 5.45. The minimum absolute atomic E-state index is 0.0142. The number of hydrogen-bond donors (Lipinski definition) is 2. The summed E-state index contributed by atoms with van der Waals surface area (Å²) in [5, 5.41) is 1.49. The highest BCUT2D eigenvalue weighted by atomic mass is 35.5. The lowest BCUT2D eigenvalue weighted by Gasteiger charge is -2.39. The van der Waals surface area contributed by atoms with E-state index in [1.165, 1.54) is 30.4 Å². The Morgan fingerprint density at radius 1 is 1.03 bits per heavy atom. The lowest BCUT2D eigenvalue weighted by atomic mass is 10.1. The zero-order valence-corrected chi connectivity index (χ0v) is 15.8. The number of rotatable bonds is 6. The molecular weight excluding hydrogens is 445 g/mol. The minimum atomic E-state index is -6.05. The van der Waals surface area contributed by atoms with Gasteiger partial charge in [-0.3, -0.25) is 4.79 Å². The molecule has 0 saturated heterocycles. The molecule has 0 spiro atoms. The fraction of sp³-hybridized carbons (Fsp3) is 0.278. The third-order valence-electron chi connectivity index (χ3n) is 3.83. The summed E-state index contributed by atoms with van der Waals surface area (Å²) in [5.41, 5.74) is -6.27. The van der Waals surface area contributed by atoms with Crippen LogP contribution in [-0.2, 0) is 0 Å². The van der Waals surface area contributed by atoms with Crippen LogP contribution in [0, 0.1) is 5.82 Å². The number of ether oxygens (including phenoxy) is 1. The normalized spacial score (nSPS) is 12.4. The second-order valence-electron chi connectivity index (χ2n) is 5.88. The Hall–Kier alpha value is -2.69. The van der Waals surface area contributed by atoms with Gasteiger partial charge in [0.15, 0.2) is 0 Å². The molecule has 4 nitrogen and oxygen atoms in total. The van der Waals surface area contributed by atoms with Gasteiger partial charge in [-0.2, -0.15) is 26.3 Å². The van der Waals surface area contributed by atoms with Gasteiger partial charge >= 0.3 is 18.0 Å². The predicted octanol–water partition coefficient (Wildman–Crippen LogP) is 5.54. The van der Waals surface area contributed by atoms with Gasteiger partial charge in [-0.05, 0) is 37.3 Å². The van der Waals surface area contributed by atoms with Gasteiger partial charge in [-0.15, -0.1) is 0 Å². The van der Waals surface area contributed by atoms with Crippen molar-refractivity contribution in [1.29, 1.82) is 0 Å². The van der Waals surface area contributed by atoms with Crippen molar-refractivity contribution in [3.8, 4) is 5.75 Å². The van der Waals surface area contributed by atoms with E-state index < -0.39 is 46.0 Å². The molecule has 0 heterocycles. The standard InChI is InChI=1S/C18H14ClF7N2O2/c1-2-30-14-6-4-3-5-11(14)15(29)28-16(17(21,22)23,18(24,25)26)27-10-7-8-13(20)12(19)9-10/h3-9,27H,2H2,1H3,(H,28,29). The summed E-state index contributed by atoms with van der Waals surface area (Å²) < 4.78 is 101. The molecule has 0 aliphatic heterocycles. The van der Waals surface area contributed by atoms with Gasteiger partial charge in [-0.25, -0.2) is 4.39 Å². The summed E-state index contributed by atoms with van der Waals surface area (Å²) in [5.74, 6) is -2.96. The lowest BCUT2D eigenvalue weighted by Crippen LogP contribution is -2.72. The van der Waals surface area contributed by atoms with Gasteiger partial charge in [0.1, 0.15) is 11.6 Å². The van der Waals surface area contributed by atoms with E-state index in [9.17, 15) is 35.5 Å². The van der Waals surface area contributed by atoms with Gasteiger partial charge in [-0.1, -0.05) is 23.7 Å². The fourth-order valence-electron chi connectivity index (χ4n) is 2.44. The molecule has 0 radical (unpaired) electrons. The highest BCUT2D eigenvalue weighted by molar-refractivity contribution is 6.31. The van der Waals surface area contributed by atoms with Crippen LogP contribution < -0.4 is 15.4 Å². The Morgan fingerprint density at radius 3 is 2.17 bits per heavy atom. The molecule has 12 heteroatoms. The van der Waals surface area contributed by atoms with E-state index in [4.69, 9.17) is 16.3 Å². The Balaban J connectivity index is 2.56. The Labute approximate surface area is 171 Å². The van der Waals surface area contributed by atoms with E-state index in [2.05, 4.69) is 0 Å². The molecule has 30 heavy (non-hydrogen) atoms. The summed E-state index contributed by atoms with van der Waals surface area (Å²) in [6.45, 7) is 1.53. The molecule has 2 N–H and O–H groups in total. The Bertz CT molecular complexity index is 902. The molecule has 0 bridgehead atoms. The molecule has 0 fully saturated rings. The first-order valence-electron chi connectivity index (χ1n) is 8.23. The number of halogens is 8. The monoisotopic (exact) mass is 458 g/mol. The number of nitrogens with one attached hydrogen (secondary N) is 2. The maximum Gasteiger partial charge on any atom is 0.439 e. The number of carbonyl (C=O) groups is 1. The van der Waals surface area contributed by atoms with E-state index >= 15 is 0 Å². The molecule has 2 aromatic carbocycles. The highest BCUT2D eigenvalue weighted by Crippen LogP contribution is 2.44. The topological polar surface area (TPSA) is 50.4 Å². The van der Waals surface area contributed by atoms with Crippen molar-refractivity contribution < 1.29 is 40.3 Å². The second-order valence-corrected chi connectivity index (χ2v) is 6.29. The van der Waals surface area contributed by atoms with E-state index in [0.717, 1.165) is 11.4 Å². The molecule has 0 saturated carbocycles. The predicted molar refractivity (Wildman–Crippen MR) is 95.0 cm³/mol. The Kier molecular flexibility index (Phi) is 6.75. The highest BCUT2D eigenvalue weighted by Gasteiger charge is 2.72. The average Bonchev–Trinajstić information content (AvgIpc) is 2.63. The lowest BCUT2D eigenvalue weighted by molar-refractivity contribution is -0.294.